The lowest BCUT2D eigenvalue weighted by atomic mass is 9.98. The third kappa shape index (κ3) is 3.25. The van der Waals surface area contributed by atoms with Gasteiger partial charge in [0.05, 0.1) is 11.1 Å². The zero-order valence-corrected chi connectivity index (χ0v) is 16.4. The van der Waals surface area contributed by atoms with Gasteiger partial charge in [0.1, 0.15) is 24.0 Å². The SMILES string of the molecule is Cc1cc2c(c3c1C(=O)/C(=C/c1ccccc1F)O3)CN(Cc1cccnc1)CO2. The number of halogens is 1. The Bertz CT molecular complexity index is 1170. The van der Waals surface area contributed by atoms with Gasteiger partial charge in [-0.2, -0.15) is 0 Å². The van der Waals surface area contributed by atoms with Gasteiger partial charge >= 0.3 is 0 Å². The molecule has 0 spiro atoms. The minimum atomic E-state index is -0.401. The van der Waals surface area contributed by atoms with E-state index in [1.54, 1.807) is 24.4 Å². The number of benzene rings is 2. The van der Waals surface area contributed by atoms with Crippen molar-refractivity contribution in [1.29, 1.82) is 0 Å². The highest BCUT2D eigenvalue weighted by Gasteiger charge is 2.35. The molecule has 0 atom stereocenters. The lowest BCUT2D eigenvalue weighted by molar-refractivity contribution is 0.0871. The van der Waals surface area contributed by atoms with Crippen molar-refractivity contribution in [3.05, 3.63) is 94.3 Å². The molecule has 6 heteroatoms. The molecule has 0 N–H and O–H groups in total. The van der Waals surface area contributed by atoms with Gasteiger partial charge in [-0.15, -0.1) is 0 Å². The second-order valence-corrected chi connectivity index (χ2v) is 7.46. The first-order chi connectivity index (χ1) is 14.6. The average Bonchev–Trinajstić information content (AvgIpc) is 3.08. The van der Waals surface area contributed by atoms with E-state index in [1.807, 2.05) is 31.3 Å². The number of hydrogen-bond acceptors (Lipinski definition) is 5. The molecule has 5 rings (SSSR count). The number of hydrogen-bond donors (Lipinski definition) is 0. The van der Waals surface area contributed by atoms with Crippen LogP contribution in [0.15, 0.2) is 60.6 Å². The Morgan fingerprint density at radius 2 is 2.10 bits per heavy atom. The Morgan fingerprint density at radius 1 is 1.23 bits per heavy atom. The van der Waals surface area contributed by atoms with E-state index in [2.05, 4.69) is 9.88 Å². The van der Waals surface area contributed by atoms with Gasteiger partial charge in [0.2, 0.25) is 5.78 Å². The van der Waals surface area contributed by atoms with Crippen LogP contribution in [-0.4, -0.2) is 22.4 Å². The molecule has 0 unspecified atom stereocenters. The molecular formula is C24H19FN2O3. The van der Waals surface area contributed by atoms with E-state index in [0.29, 0.717) is 42.4 Å². The van der Waals surface area contributed by atoms with Gasteiger partial charge in [-0.3, -0.25) is 14.7 Å². The predicted octanol–water partition coefficient (Wildman–Crippen LogP) is 4.50. The normalized spacial score (nSPS) is 16.7. The first kappa shape index (κ1) is 18.5. The standard InChI is InChI=1S/C24H19FN2O3/c1-15-9-20-18(13-27(14-29-20)12-16-5-4-8-26-11-16)24-22(15)23(28)21(30-24)10-17-6-2-3-7-19(17)25/h2-11H,12-14H2,1H3/b21-10-. The molecule has 0 saturated heterocycles. The second kappa shape index (κ2) is 7.39. The molecule has 3 heterocycles. The number of pyridine rings is 1. The summed E-state index contributed by atoms with van der Waals surface area (Å²) in [5, 5.41) is 0. The van der Waals surface area contributed by atoms with Gasteiger partial charge in [0.15, 0.2) is 5.76 Å². The quantitative estimate of drug-likeness (QED) is 0.604. The Morgan fingerprint density at radius 3 is 2.90 bits per heavy atom. The number of ketones is 1. The highest BCUT2D eigenvalue weighted by Crippen LogP contribution is 2.44. The maximum Gasteiger partial charge on any atom is 0.232 e. The van der Waals surface area contributed by atoms with Crippen LogP contribution >= 0.6 is 0 Å². The average molecular weight is 402 g/mol. The Balaban J connectivity index is 1.49. The fourth-order valence-corrected chi connectivity index (χ4v) is 3.86. The minimum Gasteiger partial charge on any atom is -0.478 e. The number of carbonyl (C=O) groups excluding carboxylic acids is 1. The van der Waals surface area contributed by atoms with Crippen LogP contribution in [-0.2, 0) is 13.1 Å². The van der Waals surface area contributed by atoms with E-state index < -0.39 is 5.82 Å². The number of Topliss-reactive ketones (excluding diaryl/α,β-unsaturated/α-hetero) is 1. The van der Waals surface area contributed by atoms with E-state index in [9.17, 15) is 9.18 Å². The molecular weight excluding hydrogens is 383 g/mol. The highest BCUT2D eigenvalue weighted by atomic mass is 19.1. The molecule has 2 aliphatic heterocycles. The monoisotopic (exact) mass is 402 g/mol. The first-order valence-electron chi connectivity index (χ1n) is 9.69. The number of rotatable bonds is 3. The smallest absolute Gasteiger partial charge is 0.232 e. The van der Waals surface area contributed by atoms with Gasteiger partial charge in [-0.25, -0.2) is 4.39 Å². The van der Waals surface area contributed by atoms with Gasteiger partial charge in [0.25, 0.3) is 0 Å². The van der Waals surface area contributed by atoms with Crippen molar-refractivity contribution in [2.75, 3.05) is 6.73 Å². The topological polar surface area (TPSA) is 51.7 Å². The molecule has 0 saturated carbocycles. The number of ether oxygens (including phenoxy) is 2. The third-order valence-corrected chi connectivity index (χ3v) is 5.31. The summed E-state index contributed by atoms with van der Waals surface area (Å²) >= 11 is 0. The van der Waals surface area contributed by atoms with Crippen LogP contribution in [0.4, 0.5) is 4.39 Å². The Hall–Kier alpha value is -3.51. The van der Waals surface area contributed by atoms with Gasteiger partial charge < -0.3 is 9.47 Å². The van der Waals surface area contributed by atoms with E-state index in [0.717, 1.165) is 16.7 Å². The number of aromatic nitrogens is 1. The fourth-order valence-electron chi connectivity index (χ4n) is 3.86. The number of aryl methyl sites for hydroxylation is 1. The number of allylic oxidation sites excluding steroid dienone is 1. The summed E-state index contributed by atoms with van der Waals surface area (Å²) in [5.41, 5.74) is 3.52. The summed E-state index contributed by atoms with van der Waals surface area (Å²) in [7, 11) is 0. The van der Waals surface area contributed by atoms with Crippen LogP contribution in [0, 0.1) is 12.7 Å². The molecule has 2 aromatic carbocycles. The van der Waals surface area contributed by atoms with Crippen molar-refractivity contribution in [2.24, 2.45) is 0 Å². The number of nitrogens with zero attached hydrogens (tertiary/aromatic N) is 2. The van der Waals surface area contributed by atoms with Crippen molar-refractivity contribution in [1.82, 2.24) is 9.88 Å². The molecule has 0 fully saturated rings. The molecule has 30 heavy (non-hydrogen) atoms. The Kier molecular flexibility index (Phi) is 4.56. The molecule has 0 amide bonds. The van der Waals surface area contributed by atoms with Crippen LogP contribution in [0.2, 0.25) is 0 Å². The zero-order valence-electron chi connectivity index (χ0n) is 16.4. The minimum absolute atomic E-state index is 0.121. The van der Waals surface area contributed by atoms with Gasteiger partial charge in [0, 0.05) is 31.0 Å². The Labute approximate surface area is 173 Å². The van der Waals surface area contributed by atoms with Crippen LogP contribution < -0.4 is 9.47 Å². The largest absolute Gasteiger partial charge is 0.478 e. The van der Waals surface area contributed by atoms with Gasteiger partial charge in [-0.1, -0.05) is 24.3 Å². The van der Waals surface area contributed by atoms with E-state index in [1.165, 1.54) is 12.1 Å². The molecule has 0 bridgehead atoms. The molecule has 0 aliphatic carbocycles. The molecule has 5 nitrogen and oxygen atoms in total. The number of fused-ring (bicyclic) bond motifs is 3. The van der Waals surface area contributed by atoms with Gasteiger partial charge in [-0.05, 0) is 42.3 Å². The maximum absolute atomic E-state index is 14.1. The molecule has 1 aromatic heterocycles. The summed E-state index contributed by atoms with van der Waals surface area (Å²) in [6, 6.07) is 12.1. The molecule has 150 valence electrons. The van der Waals surface area contributed by atoms with Crippen molar-refractivity contribution in [3.8, 4) is 11.5 Å². The highest BCUT2D eigenvalue weighted by molar-refractivity contribution is 6.15. The van der Waals surface area contributed by atoms with Crippen LogP contribution in [0.1, 0.15) is 32.6 Å². The van der Waals surface area contributed by atoms with Crippen LogP contribution in [0.25, 0.3) is 6.08 Å². The predicted molar refractivity (Wildman–Crippen MR) is 109 cm³/mol. The summed E-state index contributed by atoms with van der Waals surface area (Å²) in [4.78, 5) is 19.3. The van der Waals surface area contributed by atoms with Crippen molar-refractivity contribution < 1.29 is 18.7 Å². The van der Waals surface area contributed by atoms with Crippen molar-refractivity contribution >= 4 is 11.9 Å². The molecule has 3 aromatic rings. The zero-order chi connectivity index (χ0) is 20.7. The lowest BCUT2D eigenvalue weighted by Gasteiger charge is -2.30. The van der Waals surface area contributed by atoms with E-state index >= 15 is 0 Å². The van der Waals surface area contributed by atoms with E-state index in [-0.39, 0.29) is 11.5 Å². The first-order valence-corrected chi connectivity index (χ1v) is 9.69. The fraction of sp³-hybridized carbons (Fsp3) is 0.167. The van der Waals surface area contributed by atoms with E-state index in [4.69, 9.17) is 9.47 Å². The summed E-state index contributed by atoms with van der Waals surface area (Å²) in [6.45, 7) is 3.54. The third-order valence-electron chi connectivity index (χ3n) is 5.31. The van der Waals surface area contributed by atoms with Crippen molar-refractivity contribution in [3.63, 3.8) is 0 Å². The summed E-state index contributed by atoms with van der Waals surface area (Å²) < 4.78 is 26.0. The summed E-state index contributed by atoms with van der Waals surface area (Å²) in [5.74, 6) is 0.707. The van der Waals surface area contributed by atoms with Crippen LogP contribution in [0.3, 0.4) is 0 Å². The summed E-state index contributed by atoms with van der Waals surface area (Å²) in [6.07, 6.45) is 5.02. The van der Waals surface area contributed by atoms with Crippen molar-refractivity contribution in [2.45, 2.75) is 20.0 Å². The lowest BCUT2D eigenvalue weighted by Crippen LogP contribution is -2.31. The maximum atomic E-state index is 14.1. The molecule has 0 radical (unpaired) electrons. The number of carbonyl (C=O) groups is 1. The van der Waals surface area contributed by atoms with Crippen LogP contribution in [0.5, 0.6) is 11.5 Å². The molecule has 2 aliphatic rings. The second-order valence-electron chi connectivity index (χ2n) is 7.46.